The summed E-state index contributed by atoms with van der Waals surface area (Å²) < 4.78 is 1.64. The molecule has 0 aliphatic heterocycles. The molecule has 3 rings (SSSR count). The average Bonchev–Trinajstić information content (AvgIpc) is 3.08. The molecule has 124 valence electrons. The molecule has 0 aliphatic carbocycles. The van der Waals surface area contributed by atoms with Gasteiger partial charge in [0.2, 0.25) is 5.16 Å². The van der Waals surface area contributed by atoms with Crippen LogP contribution in [0, 0.1) is 25.2 Å². The van der Waals surface area contributed by atoms with Crippen LogP contribution in [-0.4, -0.2) is 31.7 Å². The Morgan fingerprint density at radius 1 is 1.20 bits per heavy atom. The van der Waals surface area contributed by atoms with Gasteiger partial charge in [0.1, 0.15) is 0 Å². The molecule has 0 saturated heterocycles. The summed E-state index contributed by atoms with van der Waals surface area (Å²) in [6, 6.07) is 14.7. The van der Waals surface area contributed by atoms with E-state index in [0.29, 0.717) is 16.3 Å². The van der Waals surface area contributed by atoms with Crippen LogP contribution in [0.25, 0.3) is 5.69 Å². The molecule has 6 nitrogen and oxygen atoms in total. The number of tetrazole rings is 1. The number of Topliss-reactive ketones (excluding diaryl/α,β-unsaturated/α-hetero) is 1. The fourth-order valence-electron chi connectivity index (χ4n) is 2.41. The van der Waals surface area contributed by atoms with Crippen molar-refractivity contribution in [3.8, 4) is 11.8 Å². The highest BCUT2D eigenvalue weighted by Gasteiger charge is 2.14. The number of rotatable bonds is 5. The Balaban J connectivity index is 1.75. The molecule has 0 unspecified atom stereocenters. The number of ketones is 1. The second-order valence-corrected chi connectivity index (χ2v) is 6.51. The van der Waals surface area contributed by atoms with Crippen LogP contribution in [0.4, 0.5) is 0 Å². The van der Waals surface area contributed by atoms with Crippen LogP contribution in [0.1, 0.15) is 27.0 Å². The van der Waals surface area contributed by atoms with Crippen molar-refractivity contribution < 1.29 is 4.79 Å². The van der Waals surface area contributed by atoms with E-state index in [1.807, 2.05) is 32.0 Å². The molecular formula is C18H15N5OS. The molecule has 0 fully saturated rings. The number of benzene rings is 2. The fourth-order valence-corrected chi connectivity index (χ4v) is 3.19. The van der Waals surface area contributed by atoms with Gasteiger partial charge < -0.3 is 0 Å². The summed E-state index contributed by atoms with van der Waals surface area (Å²) in [6.07, 6.45) is 0. The maximum Gasteiger partial charge on any atom is 0.214 e. The van der Waals surface area contributed by atoms with Gasteiger partial charge in [-0.3, -0.25) is 4.79 Å². The standard InChI is InChI=1S/C18H15N5OS/c1-12-3-8-16(13(2)9-12)23-18(20-21-22-23)25-11-17(24)15-6-4-14(10-19)5-7-15/h3-9H,11H2,1-2H3. The molecular weight excluding hydrogens is 334 g/mol. The third-order valence-electron chi connectivity index (χ3n) is 3.69. The van der Waals surface area contributed by atoms with Crippen LogP contribution in [0.3, 0.4) is 0 Å². The smallest absolute Gasteiger partial charge is 0.214 e. The zero-order valence-electron chi connectivity index (χ0n) is 13.8. The molecule has 1 heterocycles. The first-order valence-corrected chi connectivity index (χ1v) is 8.59. The highest BCUT2D eigenvalue weighted by molar-refractivity contribution is 7.99. The number of carbonyl (C=O) groups excluding carboxylic acids is 1. The van der Waals surface area contributed by atoms with E-state index in [1.54, 1.807) is 28.9 Å². The number of carbonyl (C=O) groups is 1. The lowest BCUT2D eigenvalue weighted by molar-refractivity contribution is 0.102. The second-order valence-electron chi connectivity index (χ2n) is 5.56. The van der Waals surface area contributed by atoms with Crippen LogP contribution in [-0.2, 0) is 0 Å². The van der Waals surface area contributed by atoms with Crippen molar-refractivity contribution in [3.63, 3.8) is 0 Å². The third-order valence-corrected chi connectivity index (χ3v) is 4.61. The minimum Gasteiger partial charge on any atom is -0.293 e. The van der Waals surface area contributed by atoms with Crippen molar-refractivity contribution >= 4 is 17.5 Å². The van der Waals surface area contributed by atoms with Crippen molar-refractivity contribution in [2.24, 2.45) is 0 Å². The first kappa shape index (κ1) is 16.9. The molecule has 0 bridgehead atoms. The van der Waals surface area contributed by atoms with E-state index in [0.717, 1.165) is 11.3 Å². The molecule has 7 heteroatoms. The Bertz CT molecular complexity index is 956. The maximum atomic E-state index is 12.3. The average molecular weight is 349 g/mol. The van der Waals surface area contributed by atoms with E-state index in [4.69, 9.17) is 5.26 Å². The summed E-state index contributed by atoms with van der Waals surface area (Å²) >= 11 is 1.29. The van der Waals surface area contributed by atoms with Crippen molar-refractivity contribution in [1.29, 1.82) is 5.26 Å². The topological polar surface area (TPSA) is 84.5 Å². The summed E-state index contributed by atoms with van der Waals surface area (Å²) in [5.74, 6) is 0.182. The van der Waals surface area contributed by atoms with Crippen LogP contribution in [0.2, 0.25) is 0 Å². The summed E-state index contributed by atoms with van der Waals surface area (Å²) in [4.78, 5) is 12.3. The predicted octanol–water partition coefficient (Wildman–Crippen LogP) is 3.13. The molecule has 0 atom stereocenters. The molecule has 3 aromatic rings. The van der Waals surface area contributed by atoms with Gasteiger partial charge >= 0.3 is 0 Å². The lowest BCUT2D eigenvalue weighted by Gasteiger charge is -2.08. The minimum atomic E-state index is -0.0373. The van der Waals surface area contributed by atoms with Crippen LogP contribution < -0.4 is 0 Å². The molecule has 0 saturated carbocycles. The van der Waals surface area contributed by atoms with E-state index >= 15 is 0 Å². The Morgan fingerprint density at radius 2 is 1.96 bits per heavy atom. The number of hydrogen-bond donors (Lipinski definition) is 0. The second kappa shape index (κ2) is 7.28. The van der Waals surface area contributed by atoms with Gasteiger partial charge in [0.15, 0.2) is 5.78 Å². The molecule has 0 spiro atoms. The Hall–Kier alpha value is -2.98. The summed E-state index contributed by atoms with van der Waals surface area (Å²) in [7, 11) is 0. The number of hydrogen-bond acceptors (Lipinski definition) is 6. The predicted molar refractivity (Wildman–Crippen MR) is 94.8 cm³/mol. The van der Waals surface area contributed by atoms with Gasteiger partial charge in [-0.15, -0.1) is 5.10 Å². The molecule has 2 aromatic carbocycles. The lowest BCUT2D eigenvalue weighted by Crippen LogP contribution is -2.06. The zero-order valence-corrected chi connectivity index (χ0v) is 14.6. The molecule has 0 N–H and O–H groups in total. The van der Waals surface area contributed by atoms with Gasteiger partial charge in [0.25, 0.3) is 0 Å². The fraction of sp³-hybridized carbons (Fsp3) is 0.167. The number of aryl methyl sites for hydroxylation is 2. The Kier molecular flexibility index (Phi) is 4.91. The molecule has 1 aromatic heterocycles. The van der Waals surface area contributed by atoms with Gasteiger partial charge in [0.05, 0.1) is 23.1 Å². The van der Waals surface area contributed by atoms with Crippen LogP contribution >= 0.6 is 11.8 Å². The van der Waals surface area contributed by atoms with Crippen molar-refractivity contribution in [2.45, 2.75) is 19.0 Å². The SMILES string of the molecule is Cc1ccc(-n2nnnc2SCC(=O)c2ccc(C#N)cc2)c(C)c1. The number of nitrogens with zero attached hydrogens (tertiary/aromatic N) is 5. The van der Waals surface area contributed by atoms with Crippen molar-refractivity contribution in [1.82, 2.24) is 20.2 Å². The Labute approximate surface area is 149 Å². The minimum absolute atomic E-state index is 0.0373. The van der Waals surface area contributed by atoms with E-state index < -0.39 is 0 Å². The summed E-state index contributed by atoms with van der Waals surface area (Å²) in [6.45, 7) is 4.03. The van der Waals surface area contributed by atoms with Gasteiger partial charge in [0, 0.05) is 5.56 Å². The highest BCUT2D eigenvalue weighted by Crippen LogP contribution is 2.22. The maximum absolute atomic E-state index is 12.3. The highest BCUT2D eigenvalue weighted by atomic mass is 32.2. The summed E-state index contributed by atoms with van der Waals surface area (Å²) in [5.41, 5.74) is 4.22. The van der Waals surface area contributed by atoms with E-state index in [2.05, 4.69) is 21.6 Å². The monoisotopic (exact) mass is 349 g/mol. The first-order chi connectivity index (χ1) is 12.1. The molecule has 0 amide bonds. The van der Waals surface area contributed by atoms with Crippen molar-refractivity contribution in [3.05, 3.63) is 64.7 Å². The van der Waals surface area contributed by atoms with Gasteiger partial charge in [-0.1, -0.05) is 41.6 Å². The van der Waals surface area contributed by atoms with Crippen LogP contribution in [0.5, 0.6) is 0 Å². The number of nitriles is 1. The van der Waals surface area contributed by atoms with E-state index in [9.17, 15) is 4.79 Å². The van der Waals surface area contributed by atoms with Crippen LogP contribution in [0.15, 0.2) is 47.6 Å². The van der Waals surface area contributed by atoms with Crippen molar-refractivity contribution in [2.75, 3.05) is 5.75 Å². The van der Waals surface area contributed by atoms with Gasteiger partial charge in [-0.05, 0) is 48.0 Å². The summed E-state index contributed by atoms with van der Waals surface area (Å²) in [5, 5.41) is 21.2. The van der Waals surface area contributed by atoms with E-state index in [1.165, 1.54) is 17.3 Å². The molecule has 0 radical (unpaired) electrons. The van der Waals surface area contributed by atoms with Gasteiger partial charge in [-0.25, -0.2) is 0 Å². The Morgan fingerprint density at radius 3 is 2.64 bits per heavy atom. The quantitative estimate of drug-likeness (QED) is 0.520. The first-order valence-electron chi connectivity index (χ1n) is 7.60. The molecule has 0 aliphatic rings. The zero-order chi connectivity index (χ0) is 17.8. The number of aromatic nitrogens is 4. The molecule has 25 heavy (non-hydrogen) atoms. The lowest BCUT2D eigenvalue weighted by atomic mass is 10.1. The normalized spacial score (nSPS) is 10.4. The van der Waals surface area contributed by atoms with E-state index in [-0.39, 0.29) is 11.5 Å². The van der Waals surface area contributed by atoms with Gasteiger partial charge in [-0.2, -0.15) is 9.94 Å². The third kappa shape index (κ3) is 3.75. The largest absolute Gasteiger partial charge is 0.293 e. The number of thioether (sulfide) groups is 1.